The molecule has 1 aromatic carbocycles. The lowest BCUT2D eigenvalue weighted by Crippen LogP contribution is -2.33. The van der Waals surface area contributed by atoms with E-state index in [1.807, 2.05) is 13.0 Å². The first kappa shape index (κ1) is 12.4. The molecule has 2 fully saturated rings. The Bertz CT molecular complexity index is 517. The van der Waals surface area contributed by atoms with Gasteiger partial charge in [-0.25, -0.2) is 0 Å². The van der Waals surface area contributed by atoms with Gasteiger partial charge < -0.3 is 10.2 Å². The zero-order valence-electron chi connectivity index (χ0n) is 11.3. The van der Waals surface area contributed by atoms with Crippen molar-refractivity contribution in [2.75, 3.05) is 24.5 Å². The third-order valence-electron chi connectivity index (χ3n) is 4.72. The summed E-state index contributed by atoms with van der Waals surface area (Å²) in [5, 5.41) is 14.5. The van der Waals surface area contributed by atoms with E-state index in [0.29, 0.717) is 17.9 Å². The van der Waals surface area contributed by atoms with E-state index in [9.17, 15) is 10.1 Å². The number of nitrogens with one attached hydrogen (secondary N) is 1. The lowest BCUT2D eigenvalue weighted by molar-refractivity contribution is -0.385. The molecule has 3 unspecified atom stereocenters. The summed E-state index contributed by atoms with van der Waals surface area (Å²) in [6, 6.07) is 5.83. The van der Waals surface area contributed by atoms with Crippen molar-refractivity contribution in [1.29, 1.82) is 0 Å². The van der Waals surface area contributed by atoms with Crippen LogP contribution in [0.5, 0.6) is 0 Å². The second-order valence-electron chi connectivity index (χ2n) is 5.65. The van der Waals surface area contributed by atoms with Crippen LogP contribution in [0, 0.1) is 28.9 Å². The molecule has 0 saturated carbocycles. The molecule has 3 atom stereocenters. The van der Waals surface area contributed by atoms with E-state index in [0.717, 1.165) is 30.9 Å². The van der Waals surface area contributed by atoms with E-state index in [1.165, 1.54) is 0 Å². The standard InChI is InChI=1S/C14H19N3O2/c1-9-13(4-3-5-14(9)17(18)19)16-8-11-6-15-7-12(11)10(16)2/h3-5,10-12,15H,6-8H2,1-2H3. The van der Waals surface area contributed by atoms with Crippen LogP contribution in [0.1, 0.15) is 12.5 Å². The highest BCUT2D eigenvalue weighted by molar-refractivity contribution is 5.62. The van der Waals surface area contributed by atoms with Crippen molar-refractivity contribution >= 4 is 11.4 Å². The molecular weight excluding hydrogens is 242 g/mol. The number of fused-ring (bicyclic) bond motifs is 1. The van der Waals surface area contributed by atoms with Crippen molar-refractivity contribution in [3.8, 4) is 0 Å². The largest absolute Gasteiger partial charge is 0.368 e. The topological polar surface area (TPSA) is 58.4 Å². The molecule has 0 spiro atoms. The van der Waals surface area contributed by atoms with E-state index in [-0.39, 0.29) is 10.6 Å². The van der Waals surface area contributed by atoms with Gasteiger partial charge in [-0.3, -0.25) is 10.1 Å². The summed E-state index contributed by atoms with van der Waals surface area (Å²) in [4.78, 5) is 13.1. The molecule has 1 aromatic rings. The Hall–Kier alpha value is -1.62. The van der Waals surface area contributed by atoms with Gasteiger partial charge in [0.15, 0.2) is 0 Å². The molecule has 0 radical (unpaired) electrons. The van der Waals surface area contributed by atoms with Gasteiger partial charge in [0.05, 0.1) is 10.5 Å². The number of nitrogens with zero attached hydrogens (tertiary/aromatic N) is 2. The monoisotopic (exact) mass is 261 g/mol. The van der Waals surface area contributed by atoms with Crippen LogP contribution in [0.15, 0.2) is 18.2 Å². The van der Waals surface area contributed by atoms with Gasteiger partial charge in [-0.2, -0.15) is 0 Å². The highest BCUT2D eigenvalue weighted by Crippen LogP contribution is 2.38. The second-order valence-corrected chi connectivity index (χ2v) is 5.65. The maximum atomic E-state index is 11.0. The predicted octanol–water partition coefficient (Wildman–Crippen LogP) is 1.95. The summed E-state index contributed by atoms with van der Waals surface area (Å²) in [5.74, 6) is 1.34. The van der Waals surface area contributed by atoms with Crippen molar-refractivity contribution in [3.05, 3.63) is 33.9 Å². The average molecular weight is 261 g/mol. The molecule has 102 valence electrons. The van der Waals surface area contributed by atoms with E-state index >= 15 is 0 Å². The minimum absolute atomic E-state index is 0.222. The van der Waals surface area contributed by atoms with Crippen molar-refractivity contribution in [1.82, 2.24) is 5.32 Å². The molecule has 5 nitrogen and oxygen atoms in total. The Balaban J connectivity index is 1.95. The Morgan fingerprint density at radius 3 is 2.89 bits per heavy atom. The minimum atomic E-state index is -0.290. The first-order valence-electron chi connectivity index (χ1n) is 6.81. The fourth-order valence-corrected chi connectivity index (χ4v) is 3.61. The first-order valence-corrected chi connectivity index (χ1v) is 6.81. The van der Waals surface area contributed by atoms with Crippen molar-refractivity contribution in [3.63, 3.8) is 0 Å². The van der Waals surface area contributed by atoms with Gasteiger partial charge in [-0.05, 0) is 31.7 Å². The van der Waals surface area contributed by atoms with Gasteiger partial charge in [0.2, 0.25) is 0 Å². The van der Waals surface area contributed by atoms with Crippen molar-refractivity contribution in [2.45, 2.75) is 19.9 Å². The third-order valence-corrected chi connectivity index (χ3v) is 4.72. The number of anilines is 1. The van der Waals surface area contributed by atoms with Gasteiger partial charge >= 0.3 is 0 Å². The molecule has 3 rings (SSSR count). The van der Waals surface area contributed by atoms with Crippen molar-refractivity contribution in [2.24, 2.45) is 11.8 Å². The summed E-state index contributed by atoms with van der Waals surface area (Å²) in [6.07, 6.45) is 0. The van der Waals surface area contributed by atoms with Crippen molar-refractivity contribution < 1.29 is 4.92 Å². The maximum Gasteiger partial charge on any atom is 0.274 e. The average Bonchev–Trinajstić information content (AvgIpc) is 2.93. The Morgan fingerprint density at radius 2 is 2.21 bits per heavy atom. The SMILES string of the molecule is Cc1c(N2CC3CNCC3C2C)cccc1[N+](=O)[O-]. The molecule has 1 N–H and O–H groups in total. The lowest BCUT2D eigenvalue weighted by Gasteiger charge is -2.28. The quantitative estimate of drug-likeness (QED) is 0.653. The van der Waals surface area contributed by atoms with Gasteiger partial charge in [0.1, 0.15) is 0 Å². The van der Waals surface area contributed by atoms with E-state index in [2.05, 4.69) is 17.1 Å². The van der Waals surface area contributed by atoms with Gasteiger partial charge in [-0.15, -0.1) is 0 Å². The molecule has 2 heterocycles. The van der Waals surface area contributed by atoms with Crippen LogP contribution in [0.2, 0.25) is 0 Å². The predicted molar refractivity (Wildman–Crippen MR) is 74.5 cm³/mol. The number of hydrogen-bond donors (Lipinski definition) is 1. The Labute approximate surface area is 112 Å². The number of hydrogen-bond acceptors (Lipinski definition) is 4. The lowest BCUT2D eigenvalue weighted by atomic mass is 9.95. The van der Waals surface area contributed by atoms with Crippen LogP contribution in [-0.4, -0.2) is 30.6 Å². The zero-order valence-corrected chi connectivity index (χ0v) is 11.3. The number of nitro groups is 1. The highest BCUT2D eigenvalue weighted by Gasteiger charge is 2.42. The maximum absolute atomic E-state index is 11.0. The fraction of sp³-hybridized carbons (Fsp3) is 0.571. The Morgan fingerprint density at radius 1 is 1.42 bits per heavy atom. The number of rotatable bonds is 2. The summed E-state index contributed by atoms with van der Waals surface area (Å²) in [6.45, 7) is 7.22. The first-order chi connectivity index (χ1) is 9.09. The molecule has 0 aliphatic carbocycles. The van der Waals surface area contributed by atoms with Gasteiger partial charge in [0.25, 0.3) is 5.69 Å². The van der Waals surface area contributed by atoms with Gasteiger partial charge in [-0.1, -0.05) is 6.07 Å². The van der Waals surface area contributed by atoms with Crippen LogP contribution >= 0.6 is 0 Å². The van der Waals surface area contributed by atoms with E-state index in [4.69, 9.17) is 0 Å². The molecule has 0 aromatic heterocycles. The van der Waals surface area contributed by atoms with Crippen LogP contribution in [-0.2, 0) is 0 Å². The molecule has 2 saturated heterocycles. The normalized spacial score (nSPS) is 29.6. The second kappa shape index (κ2) is 4.49. The molecule has 5 heteroatoms. The minimum Gasteiger partial charge on any atom is -0.368 e. The van der Waals surface area contributed by atoms with Crippen LogP contribution < -0.4 is 10.2 Å². The molecule has 2 aliphatic rings. The Kier molecular flexibility index (Phi) is 2.93. The van der Waals surface area contributed by atoms with Crippen LogP contribution in [0.4, 0.5) is 11.4 Å². The third kappa shape index (κ3) is 1.89. The summed E-state index contributed by atoms with van der Waals surface area (Å²) in [7, 11) is 0. The molecule has 19 heavy (non-hydrogen) atoms. The highest BCUT2D eigenvalue weighted by atomic mass is 16.6. The fourth-order valence-electron chi connectivity index (χ4n) is 3.61. The van der Waals surface area contributed by atoms with Crippen LogP contribution in [0.25, 0.3) is 0 Å². The molecule has 0 amide bonds. The molecular formula is C14H19N3O2. The zero-order chi connectivity index (χ0) is 13.6. The smallest absolute Gasteiger partial charge is 0.274 e. The number of benzene rings is 1. The number of nitro benzene ring substituents is 1. The van der Waals surface area contributed by atoms with E-state index < -0.39 is 0 Å². The molecule has 2 aliphatic heterocycles. The summed E-state index contributed by atoms with van der Waals surface area (Å²) in [5.41, 5.74) is 2.03. The molecule has 0 bridgehead atoms. The van der Waals surface area contributed by atoms with Gasteiger partial charge in [0, 0.05) is 37.4 Å². The summed E-state index contributed by atoms with van der Waals surface area (Å²) >= 11 is 0. The summed E-state index contributed by atoms with van der Waals surface area (Å²) < 4.78 is 0. The van der Waals surface area contributed by atoms with Crippen LogP contribution in [0.3, 0.4) is 0 Å². The van der Waals surface area contributed by atoms with E-state index in [1.54, 1.807) is 12.1 Å².